The molecule has 22 heteroatoms. The predicted molar refractivity (Wildman–Crippen MR) is 130 cm³/mol. The summed E-state index contributed by atoms with van der Waals surface area (Å²) in [4.78, 5) is 55.0. The first-order valence-corrected chi connectivity index (χ1v) is 17.1. The summed E-state index contributed by atoms with van der Waals surface area (Å²) >= 11 is 0. The first-order chi connectivity index (χ1) is 16.6. The molecule has 6 atom stereocenters. The maximum Gasteiger partial charge on any atom is 0.490 e. The second-order valence-corrected chi connectivity index (χ2v) is 14.9. The third-order valence-corrected chi connectivity index (χ3v) is 10.9. The zero-order chi connectivity index (χ0) is 26.9. The summed E-state index contributed by atoms with van der Waals surface area (Å²) < 4.78 is 54.1. The first kappa shape index (κ1) is 29.8. The molecule has 3 heterocycles. The predicted octanol–water partition coefficient (Wildman–Crippen LogP) is 1.74. The second-order valence-electron chi connectivity index (χ2n) is 7.60. The molecule has 0 spiro atoms. The van der Waals surface area contributed by atoms with E-state index in [1.165, 1.54) is 10.9 Å². The lowest BCUT2D eigenvalue weighted by Gasteiger charge is -2.22. The Kier molecular flexibility index (Phi) is 9.54. The summed E-state index contributed by atoms with van der Waals surface area (Å²) in [7, 11) is -13.3. The lowest BCUT2D eigenvalue weighted by molar-refractivity contribution is -0.0339. The molecule has 2 unspecified atom stereocenters. The van der Waals surface area contributed by atoms with E-state index >= 15 is 0 Å². The van der Waals surface area contributed by atoms with Crippen LogP contribution in [0.4, 0.5) is 5.95 Å². The molecule has 0 radical (unpaired) electrons. The van der Waals surface area contributed by atoms with E-state index in [-0.39, 0.29) is 28.1 Å². The molecule has 36 heavy (non-hydrogen) atoms. The van der Waals surface area contributed by atoms with Crippen LogP contribution >= 0.6 is 45.1 Å². The number of hydrogen-bond donors (Lipinski definition) is 6. The van der Waals surface area contributed by atoms with Crippen molar-refractivity contribution in [1.82, 2.24) is 19.7 Å². The lowest BCUT2D eigenvalue weighted by atomic mass is 9.96. The van der Waals surface area contributed by atoms with Crippen molar-refractivity contribution in [3.05, 3.63) is 16.6 Å². The highest BCUT2D eigenvalue weighted by atomic mass is 33.1. The minimum atomic E-state index is -5.65. The molecule has 3 rings (SSSR count). The van der Waals surface area contributed by atoms with Crippen molar-refractivity contribution in [2.45, 2.75) is 37.3 Å². The molecule has 2 aromatic heterocycles. The molecule has 1 fully saturated rings. The Balaban J connectivity index is 1.78. The summed E-state index contributed by atoms with van der Waals surface area (Å²) in [6.07, 6.45) is 2.51. The van der Waals surface area contributed by atoms with Crippen molar-refractivity contribution >= 4 is 62.0 Å². The van der Waals surface area contributed by atoms with Crippen LogP contribution in [0.3, 0.4) is 0 Å². The quantitative estimate of drug-likeness (QED) is 0.147. The van der Waals surface area contributed by atoms with Gasteiger partial charge < -0.3 is 30.0 Å². The van der Waals surface area contributed by atoms with Crippen LogP contribution in [0.1, 0.15) is 26.0 Å². The number of phosphoric ester groups is 1. The van der Waals surface area contributed by atoms with Crippen molar-refractivity contribution in [1.29, 1.82) is 0 Å². The van der Waals surface area contributed by atoms with E-state index < -0.39 is 48.0 Å². The summed E-state index contributed by atoms with van der Waals surface area (Å²) in [5.74, 6) is -0.395. The van der Waals surface area contributed by atoms with Gasteiger partial charge in [0.15, 0.2) is 11.9 Å². The minimum absolute atomic E-state index is 0.127. The number of nitrogens with zero attached hydrogens (tertiary/aromatic N) is 3. The molecule has 1 aliphatic rings. The van der Waals surface area contributed by atoms with Gasteiger partial charge in [0.05, 0.1) is 18.9 Å². The van der Waals surface area contributed by atoms with Crippen LogP contribution in [0, 0.1) is 5.92 Å². The fourth-order valence-corrected chi connectivity index (χ4v) is 8.53. The van der Waals surface area contributed by atoms with Gasteiger partial charge in [-0.15, -0.1) is 0 Å². The van der Waals surface area contributed by atoms with E-state index in [2.05, 4.69) is 23.7 Å². The van der Waals surface area contributed by atoms with E-state index in [9.17, 15) is 28.3 Å². The fraction of sp³-hybridized carbons (Fsp3) is 0.643. The van der Waals surface area contributed by atoms with Gasteiger partial charge in [-0.25, -0.2) is 18.4 Å². The monoisotopic (exact) mass is 611 g/mol. The fourth-order valence-electron chi connectivity index (χ4n) is 3.62. The van der Waals surface area contributed by atoms with Gasteiger partial charge in [0.2, 0.25) is 5.95 Å². The van der Waals surface area contributed by atoms with Crippen molar-refractivity contribution in [3.8, 4) is 0 Å². The van der Waals surface area contributed by atoms with Crippen LogP contribution in [0.2, 0.25) is 0 Å². The number of phosphoric acid groups is 3. The van der Waals surface area contributed by atoms with E-state index in [4.69, 9.17) is 24.8 Å². The van der Waals surface area contributed by atoms with Crippen LogP contribution in [0.25, 0.3) is 11.0 Å². The molecule has 0 aromatic carbocycles. The molecule has 1 saturated heterocycles. The highest BCUT2D eigenvalue weighted by Gasteiger charge is 2.43. The molecular formula is C14H24N5O12P3S2. The third-order valence-electron chi connectivity index (χ3n) is 4.83. The number of aromatic nitrogens is 4. The maximum absolute atomic E-state index is 12.2. The van der Waals surface area contributed by atoms with E-state index in [1.54, 1.807) is 21.6 Å². The smallest absolute Gasteiger partial charge is 0.369 e. The van der Waals surface area contributed by atoms with Gasteiger partial charge in [-0.3, -0.25) is 14.3 Å². The zero-order valence-corrected chi connectivity index (χ0v) is 23.0. The van der Waals surface area contributed by atoms with E-state index in [0.717, 1.165) is 0 Å². The van der Waals surface area contributed by atoms with Gasteiger partial charge in [0.1, 0.15) is 5.39 Å². The molecule has 0 saturated carbocycles. The van der Waals surface area contributed by atoms with Gasteiger partial charge in [-0.05, 0) is 25.0 Å². The average Bonchev–Trinajstić information content (AvgIpc) is 3.27. The van der Waals surface area contributed by atoms with Gasteiger partial charge in [0, 0.05) is 5.25 Å². The topological polar surface area (TPSA) is 259 Å². The Morgan fingerprint density at radius 1 is 1.28 bits per heavy atom. The van der Waals surface area contributed by atoms with E-state index in [1.807, 2.05) is 13.2 Å². The van der Waals surface area contributed by atoms with E-state index in [0.29, 0.717) is 12.8 Å². The largest absolute Gasteiger partial charge is 0.490 e. The molecule has 0 aliphatic carbocycles. The van der Waals surface area contributed by atoms with Gasteiger partial charge in [-0.2, -0.15) is 18.7 Å². The van der Waals surface area contributed by atoms with Crippen LogP contribution < -0.4 is 11.3 Å². The number of aromatic amines is 1. The molecule has 1 aliphatic heterocycles. The van der Waals surface area contributed by atoms with Crippen molar-refractivity contribution < 1.29 is 51.2 Å². The number of nitrogens with one attached hydrogen (secondary N) is 1. The summed E-state index contributed by atoms with van der Waals surface area (Å²) in [6, 6.07) is 0. The number of nitrogen functional groups attached to an aromatic ring is 1. The number of anilines is 1. The van der Waals surface area contributed by atoms with Gasteiger partial charge in [0.25, 0.3) is 5.56 Å². The normalized spacial score (nSPS) is 25.0. The first-order valence-electron chi connectivity index (χ1n) is 9.95. The number of ether oxygens (including phenoxy) is 1. The van der Waals surface area contributed by atoms with Crippen LogP contribution in [0.15, 0.2) is 11.0 Å². The number of hydrogen-bond acceptors (Lipinski definition) is 13. The summed E-state index contributed by atoms with van der Waals surface area (Å²) in [5.41, 5.74) is 5.31. The Morgan fingerprint density at radius 2 is 1.97 bits per heavy atom. The highest BCUT2D eigenvalue weighted by Crippen LogP contribution is 2.66. The Morgan fingerprint density at radius 3 is 2.61 bits per heavy atom. The Labute approximate surface area is 211 Å². The number of H-pyrrole nitrogens is 1. The van der Waals surface area contributed by atoms with Crippen LogP contribution in [-0.2, 0) is 31.6 Å². The molecule has 0 bridgehead atoms. The molecule has 0 amide bonds. The Hall–Kier alpha value is -0.780. The lowest BCUT2D eigenvalue weighted by Crippen LogP contribution is -2.24. The zero-order valence-electron chi connectivity index (χ0n) is 18.6. The molecule has 204 valence electrons. The SMILES string of the molecule is CSS[C@@H](C)C[C@@H]1C[C@H](n2ncc3c(=O)[nH]c(N)nc32)O[C@@H]1COP(=O)(O)OP(=O)(O)OP(=O)(O)O. The molecule has 7 N–H and O–H groups in total. The molecular weight excluding hydrogens is 587 g/mol. The minimum Gasteiger partial charge on any atom is -0.369 e. The molecule has 17 nitrogen and oxygen atoms in total. The summed E-state index contributed by atoms with van der Waals surface area (Å²) in [6.45, 7) is 1.37. The number of fused-ring (bicyclic) bond motifs is 1. The summed E-state index contributed by atoms with van der Waals surface area (Å²) in [5, 5.41) is 4.47. The molecule has 2 aromatic rings. The van der Waals surface area contributed by atoms with Crippen molar-refractivity contribution in [2.24, 2.45) is 5.92 Å². The van der Waals surface area contributed by atoms with Gasteiger partial charge in [-0.1, -0.05) is 28.5 Å². The van der Waals surface area contributed by atoms with Crippen LogP contribution in [-0.4, -0.2) is 63.5 Å². The van der Waals surface area contributed by atoms with Crippen molar-refractivity contribution in [3.63, 3.8) is 0 Å². The number of nitrogens with two attached hydrogens (primary N) is 1. The highest BCUT2D eigenvalue weighted by molar-refractivity contribution is 8.76. The third kappa shape index (κ3) is 8.11. The standard InChI is InChI=1S/C14H24N5O12P3S2/c1-7(36-35-2)3-8-4-11(19-12-9(5-16-19)13(20)18-14(15)17-12)29-10(8)6-28-33(24,25)31-34(26,27)30-32(21,22)23/h5,7-8,10-11H,3-4,6H2,1-2H3,(H,24,25)(H,26,27)(H2,21,22,23)(H3,15,17,18,20)/t7-,8+,10+,11+/m0/s1. The average molecular weight is 611 g/mol. The Bertz CT molecular complexity index is 1290. The van der Waals surface area contributed by atoms with Gasteiger partial charge >= 0.3 is 23.5 Å². The van der Waals surface area contributed by atoms with Crippen molar-refractivity contribution in [2.75, 3.05) is 18.6 Å². The second kappa shape index (κ2) is 11.5. The maximum atomic E-state index is 12.2. The number of rotatable bonds is 12. The van der Waals surface area contributed by atoms with Crippen LogP contribution in [0.5, 0.6) is 0 Å².